The van der Waals surface area contributed by atoms with E-state index in [4.69, 9.17) is 4.74 Å². The Kier molecular flexibility index (Phi) is 4.52. The molecule has 0 amide bonds. The maximum atomic E-state index is 6.03. The van der Waals surface area contributed by atoms with E-state index in [0.29, 0.717) is 5.92 Å². The van der Waals surface area contributed by atoms with E-state index in [1.165, 1.54) is 22.2 Å². The Balaban J connectivity index is 1.81. The molecule has 0 bridgehead atoms. The zero-order valence-electron chi connectivity index (χ0n) is 16.9. The minimum atomic E-state index is -0.376. The first-order valence-electron chi connectivity index (χ1n) is 9.51. The largest absolute Gasteiger partial charge is 0.374 e. The van der Waals surface area contributed by atoms with Crippen LogP contribution in [0.5, 0.6) is 0 Å². The molecule has 0 aliphatic carbocycles. The summed E-state index contributed by atoms with van der Waals surface area (Å²) in [5.41, 5.74) is 5.88. The van der Waals surface area contributed by atoms with Crippen molar-refractivity contribution in [1.29, 1.82) is 0 Å². The van der Waals surface area contributed by atoms with Crippen LogP contribution in [0, 0.1) is 6.92 Å². The summed E-state index contributed by atoms with van der Waals surface area (Å²) in [4.78, 5) is 11.3. The highest BCUT2D eigenvalue weighted by molar-refractivity contribution is 5.85. The highest BCUT2D eigenvalue weighted by atomic mass is 16.5. The van der Waals surface area contributed by atoms with Gasteiger partial charge >= 0.3 is 0 Å². The summed E-state index contributed by atoms with van der Waals surface area (Å²) >= 11 is 0. The number of hydrogen-bond donors (Lipinski definition) is 0. The molecule has 1 aliphatic rings. The Morgan fingerprint density at radius 1 is 1.30 bits per heavy atom. The van der Waals surface area contributed by atoms with E-state index in [1.54, 1.807) is 7.11 Å². The minimum Gasteiger partial charge on any atom is -0.374 e. The van der Waals surface area contributed by atoms with E-state index >= 15 is 0 Å². The first-order chi connectivity index (χ1) is 12.9. The summed E-state index contributed by atoms with van der Waals surface area (Å²) in [6.07, 6.45) is 6.65. The lowest BCUT2D eigenvalue weighted by Crippen LogP contribution is -2.36. The lowest BCUT2D eigenvalue weighted by Gasteiger charge is -2.37. The smallest absolute Gasteiger partial charge is 0.0921 e. The lowest BCUT2D eigenvalue weighted by atomic mass is 9.82. The number of fused-ring (bicyclic) bond motifs is 3. The van der Waals surface area contributed by atoms with Crippen LogP contribution in [0.2, 0.25) is 0 Å². The minimum absolute atomic E-state index is 0.376. The normalized spacial score (nSPS) is 19.8. The highest BCUT2D eigenvalue weighted by Gasteiger charge is 2.36. The molecule has 142 valence electrons. The Labute approximate surface area is 161 Å². The van der Waals surface area contributed by atoms with Gasteiger partial charge in [-0.1, -0.05) is 6.07 Å². The van der Waals surface area contributed by atoms with Crippen LogP contribution in [0.1, 0.15) is 41.8 Å². The Morgan fingerprint density at radius 3 is 2.81 bits per heavy atom. The second kappa shape index (κ2) is 6.73. The molecule has 2 unspecified atom stereocenters. The number of hydrogen-bond acceptors (Lipinski definition) is 4. The molecular formula is C22H28N4O. The van der Waals surface area contributed by atoms with Gasteiger partial charge in [0.05, 0.1) is 17.3 Å². The summed E-state index contributed by atoms with van der Waals surface area (Å²) < 4.78 is 8.37. The molecule has 27 heavy (non-hydrogen) atoms. The summed E-state index contributed by atoms with van der Waals surface area (Å²) in [7, 11) is 6.18. The number of pyridine rings is 2. The molecule has 0 aromatic carbocycles. The Bertz CT molecular complexity index is 965. The summed E-state index contributed by atoms with van der Waals surface area (Å²) in [6.45, 7) is 6.23. The van der Waals surface area contributed by atoms with Crippen molar-refractivity contribution in [3.8, 4) is 0 Å². The highest BCUT2D eigenvalue weighted by Crippen LogP contribution is 2.42. The van der Waals surface area contributed by atoms with Crippen LogP contribution in [0.15, 0.2) is 36.8 Å². The standard InChI is InChI=1S/C22H28N4O/c1-15-9-18-19-14-25(3)13-16(21(19)26(4)20(18)12-24-15)10-22(2,27-5)17-7-6-8-23-11-17/h6-9,11-12,16H,10,13-14H2,1-5H3. The van der Waals surface area contributed by atoms with Crippen LogP contribution in [-0.4, -0.2) is 40.1 Å². The molecule has 0 N–H and O–H groups in total. The van der Waals surface area contributed by atoms with Gasteiger partial charge in [0.2, 0.25) is 0 Å². The molecule has 4 rings (SSSR count). The molecule has 3 aromatic rings. The molecule has 0 saturated heterocycles. The second-order valence-corrected chi connectivity index (χ2v) is 8.04. The van der Waals surface area contributed by atoms with Crippen molar-refractivity contribution in [1.82, 2.24) is 19.4 Å². The average Bonchev–Trinajstić information content (AvgIpc) is 2.94. The van der Waals surface area contributed by atoms with E-state index in [-0.39, 0.29) is 5.60 Å². The summed E-state index contributed by atoms with van der Waals surface area (Å²) in [5, 5.41) is 1.33. The molecule has 3 aromatic heterocycles. The molecule has 4 heterocycles. The second-order valence-electron chi connectivity index (χ2n) is 8.04. The third kappa shape index (κ3) is 3.05. The van der Waals surface area contributed by atoms with Gasteiger partial charge in [-0.2, -0.15) is 0 Å². The number of ether oxygens (including phenoxy) is 1. The summed E-state index contributed by atoms with van der Waals surface area (Å²) in [6, 6.07) is 6.32. The molecule has 0 spiro atoms. The van der Waals surface area contributed by atoms with Gasteiger partial charge in [0.15, 0.2) is 0 Å². The molecular weight excluding hydrogens is 336 g/mol. The molecule has 1 aliphatic heterocycles. The van der Waals surface area contributed by atoms with Crippen molar-refractivity contribution in [2.45, 2.75) is 38.3 Å². The maximum Gasteiger partial charge on any atom is 0.0921 e. The van der Waals surface area contributed by atoms with Gasteiger partial charge in [-0.05, 0) is 45.0 Å². The van der Waals surface area contributed by atoms with Gasteiger partial charge < -0.3 is 14.2 Å². The zero-order chi connectivity index (χ0) is 19.2. The van der Waals surface area contributed by atoms with Crippen LogP contribution < -0.4 is 0 Å². The van der Waals surface area contributed by atoms with E-state index in [2.05, 4.69) is 59.5 Å². The van der Waals surface area contributed by atoms with Gasteiger partial charge in [-0.25, -0.2) is 0 Å². The van der Waals surface area contributed by atoms with Gasteiger partial charge in [0.1, 0.15) is 0 Å². The molecule has 0 saturated carbocycles. The number of nitrogens with zero attached hydrogens (tertiary/aromatic N) is 4. The molecule has 2 atom stereocenters. The van der Waals surface area contributed by atoms with E-state index in [9.17, 15) is 0 Å². The van der Waals surface area contributed by atoms with E-state index in [0.717, 1.165) is 30.8 Å². The van der Waals surface area contributed by atoms with Crippen molar-refractivity contribution >= 4 is 10.9 Å². The fraction of sp³-hybridized carbons (Fsp3) is 0.455. The number of aryl methyl sites for hydroxylation is 2. The van der Waals surface area contributed by atoms with Crippen LogP contribution >= 0.6 is 0 Å². The number of likely N-dealkylation sites (N-methyl/N-ethyl adjacent to an activating group) is 1. The SMILES string of the molecule is COC(C)(CC1CN(C)Cc2c1n(C)c1cnc(C)cc21)c1cccnc1. The Hall–Kier alpha value is -2.24. The van der Waals surface area contributed by atoms with Crippen LogP contribution in [0.25, 0.3) is 10.9 Å². The van der Waals surface area contributed by atoms with Crippen molar-refractivity contribution in [2.75, 3.05) is 20.7 Å². The first-order valence-corrected chi connectivity index (χ1v) is 9.51. The Morgan fingerprint density at radius 2 is 2.11 bits per heavy atom. The van der Waals surface area contributed by atoms with Gasteiger partial charge in [-0.15, -0.1) is 0 Å². The van der Waals surface area contributed by atoms with Gasteiger partial charge in [0, 0.05) is 67.9 Å². The molecule has 0 radical (unpaired) electrons. The third-order valence-corrected chi connectivity index (χ3v) is 6.08. The topological polar surface area (TPSA) is 43.2 Å². The van der Waals surface area contributed by atoms with Crippen LogP contribution in [0.3, 0.4) is 0 Å². The number of methoxy groups -OCH3 is 1. The molecule has 5 heteroatoms. The number of rotatable bonds is 4. The number of aromatic nitrogens is 3. The summed E-state index contributed by atoms with van der Waals surface area (Å²) in [5.74, 6) is 0.376. The van der Waals surface area contributed by atoms with Crippen molar-refractivity contribution in [2.24, 2.45) is 7.05 Å². The predicted octanol–water partition coefficient (Wildman–Crippen LogP) is 3.76. The van der Waals surface area contributed by atoms with E-state index in [1.807, 2.05) is 24.7 Å². The zero-order valence-corrected chi connectivity index (χ0v) is 16.9. The lowest BCUT2D eigenvalue weighted by molar-refractivity contribution is -0.0154. The van der Waals surface area contributed by atoms with Crippen molar-refractivity contribution in [3.05, 3.63) is 59.3 Å². The van der Waals surface area contributed by atoms with Crippen LogP contribution in [-0.2, 0) is 23.9 Å². The fourth-order valence-corrected chi connectivity index (χ4v) is 4.64. The monoisotopic (exact) mass is 364 g/mol. The average molecular weight is 364 g/mol. The quantitative estimate of drug-likeness (QED) is 0.707. The third-order valence-electron chi connectivity index (χ3n) is 6.08. The van der Waals surface area contributed by atoms with Crippen molar-refractivity contribution in [3.63, 3.8) is 0 Å². The van der Waals surface area contributed by atoms with E-state index < -0.39 is 0 Å². The molecule has 0 fully saturated rings. The first kappa shape index (κ1) is 18.1. The predicted molar refractivity (Wildman–Crippen MR) is 108 cm³/mol. The van der Waals surface area contributed by atoms with Crippen molar-refractivity contribution < 1.29 is 4.74 Å². The fourth-order valence-electron chi connectivity index (χ4n) is 4.64. The maximum absolute atomic E-state index is 6.03. The van der Waals surface area contributed by atoms with Gasteiger partial charge in [-0.3, -0.25) is 9.97 Å². The molecule has 5 nitrogen and oxygen atoms in total. The van der Waals surface area contributed by atoms with Gasteiger partial charge in [0.25, 0.3) is 0 Å². The van der Waals surface area contributed by atoms with Crippen LogP contribution in [0.4, 0.5) is 0 Å².